The average Bonchev–Trinajstić information content (AvgIpc) is 2.68. The number of azo groups is 1. The van der Waals surface area contributed by atoms with Gasteiger partial charge in [0.2, 0.25) is 15.9 Å². The van der Waals surface area contributed by atoms with E-state index < -0.39 is 21.5 Å². The number of ether oxygens (including phenoxy) is 1. The van der Waals surface area contributed by atoms with E-state index in [2.05, 4.69) is 19.9 Å². The van der Waals surface area contributed by atoms with Gasteiger partial charge < -0.3 is 14.9 Å². The molecule has 0 atom stereocenters. The van der Waals surface area contributed by atoms with Crippen molar-refractivity contribution in [2.24, 2.45) is 10.2 Å². The third-order valence-electron chi connectivity index (χ3n) is 4.11. The molecule has 0 aliphatic rings. The Morgan fingerprint density at radius 2 is 2.00 bits per heavy atom. The summed E-state index contributed by atoms with van der Waals surface area (Å²) in [7, 11) is -3.88. The molecule has 0 radical (unpaired) electrons. The second kappa shape index (κ2) is 10.2. The molecule has 31 heavy (non-hydrogen) atoms. The number of nitriles is 1. The molecule has 0 amide bonds. The number of benzene rings is 1. The predicted molar refractivity (Wildman–Crippen MR) is 111 cm³/mol. The van der Waals surface area contributed by atoms with Crippen molar-refractivity contribution in [3.8, 4) is 17.7 Å². The van der Waals surface area contributed by atoms with E-state index in [1.165, 1.54) is 13.0 Å². The summed E-state index contributed by atoms with van der Waals surface area (Å²) in [4.78, 5) is 13.9. The molecule has 0 saturated heterocycles. The molecule has 1 aromatic heterocycles. The number of nitrogens with one attached hydrogen (secondary N) is 2. The predicted octanol–water partition coefficient (Wildman–Crippen LogP) is 2.48. The van der Waals surface area contributed by atoms with Crippen molar-refractivity contribution in [2.75, 3.05) is 13.2 Å². The summed E-state index contributed by atoms with van der Waals surface area (Å²) in [5, 5.41) is 36.2. The van der Waals surface area contributed by atoms with Crippen LogP contribution < -0.4 is 10.3 Å². The summed E-state index contributed by atoms with van der Waals surface area (Å²) in [5.41, 5.74) is -1.35. The van der Waals surface area contributed by atoms with Crippen LogP contribution in [-0.2, 0) is 14.8 Å². The van der Waals surface area contributed by atoms with Crippen molar-refractivity contribution in [3.05, 3.63) is 39.7 Å². The maximum absolute atomic E-state index is 12.5. The van der Waals surface area contributed by atoms with Crippen LogP contribution >= 0.6 is 0 Å². The fraction of sp³-hybridized carbons (Fsp3) is 0.368. The Kier molecular flexibility index (Phi) is 7.87. The fourth-order valence-electron chi connectivity index (χ4n) is 2.49. The van der Waals surface area contributed by atoms with Gasteiger partial charge in [-0.15, -0.1) is 10.2 Å². The van der Waals surface area contributed by atoms with Crippen LogP contribution in [0.25, 0.3) is 0 Å². The standard InChI is InChI=1S/C19H23N5O6S/c1-11(2)30-8-4-7-21-31(28,29)13-5-6-16(25)15(9-13)23-24-17-12(3)14(10-20)18(26)22-19(17)27/h5-6,9,11,21,25H,4,7-8H2,1-3H3,(H2,22,26,27). The van der Waals surface area contributed by atoms with Crippen molar-refractivity contribution < 1.29 is 23.4 Å². The Morgan fingerprint density at radius 3 is 2.65 bits per heavy atom. The van der Waals surface area contributed by atoms with E-state index in [0.29, 0.717) is 13.0 Å². The lowest BCUT2D eigenvalue weighted by Gasteiger charge is -2.09. The average molecular weight is 449 g/mol. The van der Waals surface area contributed by atoms with Crippen LogP contribution in [0.3, 0.4) is 0 Å². The number of phenolic OH excluding ortho intramolecular Hbond substituents is 1. The molecule has 0 aliphatic carbocycles. The van der Waals surface area contributed by atoms with Gasteiger partial charge in [-0.05, 0) is 45.4 Å². The first-order valence-electron chi connectivity index (χ1n) is 9.28. The molecule has 1 aromatic carbocycles. The van der Waals surface area contributed by atoms with E-state index in [4.69, 9.17) is 10.00 Å². The van der Waals surface area contributed by atoms with Crippen molar-refractivity contribution in [1.82, 2.24) is 9.71 Å². The topological polar surface area (TPSA) is 177 Å². The summed E-state index contributed by atoms with van der Waals surface area (Å²) in [6, 6.07) is 5.18. The van der Waals surface area contributed by atoms with Crippen LogP contribution in [0.2, 0.25) is 0 Å². The number of pyridine rings is 1. The zero-order chi connectivity index (χ0) is 23.2. The molecule has 2 rings (SSSR count). The van der Waals surface area contributed by atoms with Gasteiger partial charge in [-0.1, -0.05) is 0 Å². The van der Waals surface area contributed by atoms with E-state index >= 15 is 0 Å². The summed E-state index contributed by atoms with van der Waals surface area (Å²) >= 11 is 0. The molecule has 0 fully saturated rings. The lowest BCUT2D eigenvalue weighted by atomic mass is 10.1. The molecule has 2 aromatic rings. The Bertz CT molecular complexity index is 1180. The maximum atomic E-state index is 12.5. The molecule has 0 unspecified atom stereocenters. The quantitative estimate of drug-likeness (QED) is 0.335. The Labute approximate surface area is 179 Å². The Hall–Kier alpha value is -3.27. The van der Waals surface area contributed by atoms with E-state index in [-0.39, 0.29) is 45.8 Å². The van der Waals surface area contributed by atoms with Crippen LogP contribution in [0.1, 0.15) is 31.4 Å². The minimum absolute atomic E-state index is 0.0512. The van der Waals surface area contributed by atoms with Gasteiger partial charge in [0.25, 0.3) is 5.56 Å². The lowest BCUT2D eigenvalue weighted by Crippen LogP contribution is -2.25. The van der Waals surface area contributed by atoms with Gasteiger partial charge in [-0.2, -0.15) is 5.26 Å². The van der Waals surface area contributed by atoms with E-state index in [1.807, 2.05) is 13.8 Å². The van der Waals surface area contributed by atoms with Gasteiger partial charge in [0.1, 0.15) is 23.1 Å². The van der Waals surface area contributed by atoms with Crippen LogP contribution in [0, 0.1) is 18.3 Å². The van der Waals surface area contributed by atoms with E-state index in [9.17, 15) is 23.4 Å². The van der Waals surface area contributed by atoms with E-state index in [1.54, 1.807) is 6.07 Å². The normalized spacial score (nSPS) is 11.8. The van der Waals surface area contributed by atoms with E-state index in [0.717, 1.165) is 12.1 Å². The number of hydrogen-bond donors (Lipinski definition) is 4. The number of rotatable bonds is 9. The highest BCUT2D eigenvalue weighted by Crippen LogP contribution is 2.31. The van der Waals surface area contributed by atoms with Gasteiger partial charge in [-0.3, -0.25) is 9.78 Å². The number of sulfonamides is 1. The summed E-state index contributed by atoms with van der Waals surface area (Å²) in [6.07, 6.45) is 0.530. The number of hydrogen-bond acceptors (Lipinski definition) is 9. The zero-order valence-corrected chi connectivity index (χ0v) is 18.0. The summed E-state index contributed by atoms with van der Waals surface area (Å²) in [5.74, 6) is -0.953. The van der Waals surface area contributed by atoms with Crippen molar-refractivity contribution in [2.45, 2.75) is 38.2 Å². The Balaban J connectivity index is 2.26. The van der Waals surface area contributed by atoms with Gasteiger partial charge in [0.15, 0.2) is 5.69 Å². The molecule has 0 saturated carbocycles. The highest BCUT2D eigenvalue weighted by molar-refractivity contribution is 7.89. The number of H-pyrrole nitrogens is 1. The SMILES string of the molecule is Cc1c(C#N)c(O)[nH]c(=O)c1N=Nc1cc(S(=O)(=O)NCCCOC(C)C)ccc1O. The second-order valence-electron chi connectivity index (χ2n) is 6.78. The molecule has 166 valence electrons. The first kappa shape index (κ1) is 24.0. The maximum Gasteiger partial charge on any atom is 0.278 e. The number of aromatic hydroxyl groups is 2. The molecule has 12 heteroatoms. The molecule has 0 aliphatic heterocycles. The van der Waals surface area contributed by atoms with Crippen LogP contribution in [0.15, 0.2) is 38.1 Å². The summed E-state index contributed by atoms with van der Waals surface area (Å²) in [6.45, 7) is 5.72. The summed E-state index contributed by atoms with van der Waals surface area (Å²) < 4.78 is 32.7. The first-order chi connectivity index (χ1) is 14.6. The van der Waals surface area contributed by atoms with Gasteiger partial charge in [0.05, 0.1) is 11.0 Å². The number of aromatic amines is 1. The molecule has 11 nitrogen and oxygen atoms in total. The van der Waals surface area contributed by atoms with Crippen molar-refractivity contribution >= 4 is 21.4 Å². The molecule has 1 heterocycles. The van der Waals surface area contributed by atoms with Crippen LogP contribution in [-0.4, -0.2) is 42.9 Å². The number of phenols is 1. The lowest BCUT2D eigenvalue weighted by molar-refractivity contribution is 0.0778. The smallest absolute Gasteiger partial charge is 0.278 e. The highest BCUT2D eigenvalue weighted by atomic mass is 32.2. The molecule has 4 N–H and O–H groups in total. The van der Waals surface area contributed by atoms with Gasteiger partial charge in [0, 0.05) is 18.7 Å². The molecule has 0 bridgehead atoms. The van der Waals surface area contributed by atoms with Crippen LogP contribution in [0.5, 0.6) is 11.6 Å². The molecular weight excluding hydrogens is 426 g/mol. The number of nitrogens with zero attached hydrogens (tertiary/aromatic N) is 3. The Morgan fingerprint density at radius 1 is 1.29 bits per heavy atom. The fourth-order valence-corrected chi connectivity index (χ4v) is 3.58. The second-order valence-corrected chi connectivity index (χ2v) is 8.55. The van der Waals surface area contributed by atoms with Gasteiger partial charge in [-0.25, -0.2) is 13.1 Å². The third kappa shape index (κ3) is 6.11. The zero-order valence-electron chi connectivity index (χ0n) is 17.2. The molecule has 0 spiro atoms. The van der Waals surface area contributed by atoms with Crippen molar-refractivity contribution in [3.63, 3.8) is 0 Å². The minimum atomic E-state index is -3.88. The largest absolute Gasteiger partial charge is 0.506 e. The molecular formula is C19H23N5O6S. The first-order valence-corrected chi connectivity index (χ1v) is 10.8. The van der Waals surface area contributed by atoms with Crippen molar-refractivity contribution in [1.29, 1.82) is 5.26 Å². The number of aromatic nitrogens is 1. The monoisotopic (exact) mass is 449 g/mol. The van der Waals surface area contributed by atoms with Gasteiger partial charge >= 0.3 is 0 Å². The minimum Gasteiger partial charge on any atom is -0.506 e. The van der Waals surface area contributed by atoms with Crippen LogP contribution in [0.4, 0.5) is 11.4 Å². The highest BCUT2D eigenvalue weighted by Gasteiger charge is 2.17. The third-order valence-corrected chi connectivity index (χ3v) is 5.56.